The zero-order valence-electron chi connectivity index (χ0n) is 13.5. The van der Waals surface area contributed by atoms with Crippen LogP contribution >= 0.6 is 0 Å². The molecule has 0 aliphatic carbocycles. The fraction of sp³-hybridized carbons (Fsp3) is 0.769. The molecule has 10 heteroatoms. The summed E-state index contributed by atoms with van der Waals surface area (Å²) in [6.45, 7) is 8.10. The average Bonchev–Trinajstić information content (AvgIpc) is 2.22. The van der Waals surface area contributed by atoms with E-state index in [1.54, 1.807) is 34.6 Å². The third kappa shape index (κ3) is 5.02. The molecule has 6 nitrogen and oxygen atoms in total. The van der Waals surface area contributed by atoms with E-state index >= 15 is 0 Å². The fourth-order valence-electron chi connectivity index (χ4n) is 1.95. The highest BCUT2D eigenvalue weighted by Crippen LogP contribution is 2.32. The molecule has 134 valence electrons. The Labute approximate surface area is 133 Å². The lowest BCUT2D eigenvalue weighted by Gasteiger charge is -2.40. The van der Waals surface area contributed by atoms with Gasteiger partial charge in [-0.3, -0.25) is 4.90 Å². The molecular weight excluding hydrogens is 339 g/mol. The lowest BCUT2D eigenvalue weighted by Crippen LogP contribution is -2.51. The van der Waals surface area contributed by atoms with Crippen LogP contribution in [0.3, 0.4) is 0 Å². The molecule has 1 aliphatic heterocycles. The Hall–Kier alpha value is -1.45. The predicted molar refractivity (Wildman–Crippen MR) is 75.8 cm³/mol. The number of nitrogens with zero attached hydrogens (tertiary/aromatic N) is 1. The first-order valence-corrected chi connectivity index (χ1v) is 8.19. The van der Waals surface area contributed by atoms with Gasteiger partial charge in [0.1, 0.15) is 11.4 Å². The summed E-state index contributed by atoms with van der Waals surface area (Å²) in [7, 11) is -5.72. The number of halogens is 3. The average molecular weight is 359 g/mol. The lowest BCUT2D eigenvalue weighted by atomic mass is 9.97. The molecule has 0 spiro atoms. The number of amides is 1. The van der Waals surface area contributed by atoms with E-state index in [1.807, 2.05) is 0 Å². The highest BCUT2D eigenvalue weighted by atomic mass is 32.2. The Morgan fingerprint density at radius 3 is 2.17 bits per heavy atom. The van der Waals surface area contributed by atoms with Gasteiger partial charge in [0.15, 0.2) is 0 Å². The number of carbonyl (C=O) groups excluding carboxylic acids is 1. The lowest BCUT2D eigenvalue weighted by molar-refractivity contribution is -0.0528. The van der Waals surface area contributed by atoms with Crippen LogP contribution in [0.15, 0.2) is 11.8 Å². The van der Waals surface area contributed by atoms with Crippen molar-refractivity contribution >= 4 is 16.2 Å². The van der Waals surface area contributed by atoms with Crippen LogP contribution in [0, 0.1) is 0 Å². The molecule has 0 aromatic rings. The van der Waals surface area contributed by atoms with Crippen molar-refractivity contribution in [2.75, 3.05) is 6.54 Å². The highest BCUT2D eigenvalue weighted by molar-refractivity contribution is 7.87. The topological polar surface area (TPSA) is 72.9 Å². The van der Waals surface area contributed by atoms with Crippen molar-refractivity contribution in [3.05, 3.63) is 11.8 Å². The first-order valence-electron chi connectivity index (χ1n) is 6.78. The number of rotatable bonds is 2. The summed E-state index contributed by atoms with van der Waals surface area (Å²) < 4.78 is 68.5. The Balaban J connectivity index is 2.96. The van der Waals surface area contributed by atoms with E-state index in [-0.39, 0.29) is 18.7 Å². The van der Waals surface area contributed by atoms with E-state index in [4.69, 9.17) is 4.74 Å². The van der Waals surface area contributed by atoms with Crippen molar-refractivity contribution in [3.63, 3.8) is 0 Å². The summed E-state index contributed by atoms with van der Waals surface area (Å²) in [6.07, 6.45) is 0.360. The summed E-state index contributed by atoms with van der Waals surface area (Å²) in [5.74, 6) is -0.355. The molecule has 1 heterocycles. The maximum Gasteiger partial charge on any atom is 0.534 e. The molecule has 0 aromatic heterocycles. The SMILES string of the molecule is CC(C)(C)OC(=O)N1CCC(OS(=O)(=O)C(F)(F)F)=CC1(C)C. The van der Waals surface area contributed by atoms with E-state index in [0.29, 0.717) is 0 Å². The molecule has 0 atom stereocenters. The van der Waals surface area contributed by atoms with Crippen molar-refractivity contribution < 1.29 is 35.3 Å². The van der Waals surface area contributed by atoms with Crippen molar-refractivity contribution in [1.82, 2.24) is 4.90 Å². The van der Waals surface area contributed by atoms with Crippen LogP contribution in [-0.2, 0) is 19.0 Å². The third-order valence-corrected chi connectivity index (χ3v) is 3.91. The third-order valence-electron chi connectivity index (χ3n) is 2.91. The monoisotopic (exact) mass is 359 g/mol. The standard InChI is InChI=1S/C13H20F3NO5S/c1-11(2,3)21-10(18)17-7-6-9(8-12(17,4)5)22-23(19,20)13(14,15)16/h8H,6-7H2,1-5H3. The number of carbonyl (C=O) groups is 1. The molecule has 0 saturated carbocycles. The minimum absolute atomic E-state index is 0.0267. The second kappa shape index (κ2) is 5.88. The zero-order chi connectivity index (χ0) is 18.3. The molecule has 0 aromatic carbocycles. The molecule has 1 amide bonds. The zero-order valence-corrected chi connectivity index (χ0v) is 14.3. The van der Waals surface area contributed by atoms with Crippen LogP contribution < -0.4 is 0 Å². The van der Waals surface area contributed by atoms with Crippen molar-refractivity contribution in [2.24, 2.45) is 0 Å². The molecule has 0 fully saturated rings. The summed E-state index contributed by atoms with van der Waals surface area (Å²) in [4.78, 5) is 13.4. The smallest absolute Gasteiger partial charge is 0.444 e. The number of alkyl halides is 3. The summed E-state index contributed by atoms with van der Waals surface area (Å²) >= 11 is 0. The molecular formula is C13H20F3NO5S. The molecule has 0 N–H and O–H groups in total. The maximum absolute atomic E-state index is 12.3. The van der Waals surface area contributed by atoms with Gasteiger partial charge in [-0.15, -0.1) is 0 Å². The van der Waals surface area contributed by atoms with Crippen LogP contribution in [0.25, 0.3) is 0 Å². The van der Waals surface area contributed by atoms with Crippen molar-refractivity contribution in [2.45, 2.75) is 57.7 Å². The van der Waals surface area contributed by atoms with Gasteiger partial charge >= 0.3 is 21.7 Å². The number of hydrogen-bond acceptors (Lipinski definition) is 5. The van der Waals surface area contributed by atoms with E-state index in [9.17, 15) is 26.4 Å². The van der Waals surface area contributed by atoms with Gasteiger partial charge in [0.25, 0.3) is 0 Å². The predicted octanol–water partition coefficient (Wildman–Crippen LogP) is 3.16. The first-order chi connectivity index (χ1) is 10.1. The Kier molecular flexibility index (Phi) is 5.01. The van der Waals surface area contributed by atoms with Gasteiger partial charge in [-0.05, 0) is 40.7 Å². The van der Waals surface area contributed by atoms with Gasteiger partial charge in [0.2, 0.25) is 0 Å². The van der Waals surface area contributed by atoms with Crippen LogP contribution in [0.5, 0.6) is 0 Å². The van der Waals surface area contributed by atoms with Crippen molar-refractivity contribution in [1.29, 1.82) is 0 Å². The van der Waals surface area contributed by atoms with Gasteiger partial charge in [0, 0.05) is 13.0 Å². The highest BCUT2D eigenvalue weighted by Gasteiger charge is 2.49. The fourth-order valence-corrected chi connectivity index (χ4v) is 2.46. The van der Waals surface area contributed by atoms with E-state index in [0.717, 1.165) is 0 Å². The molecule has 0 bridgehead atoms. The molecule has 0 saturated heterocycles. The van der Waals surface area contributed by atoms with Gasteiger partial charge in [-0.2, -0.15) is 21.6 Å². The minimum atomic E-state index is -5.72. The van der Waals surface area contributed by atoms with Gasteiger partial charge in [-0.1, -0.05) is 0 Å². The second-order valence-corrected chi connectivity index (χ2v) is 8.17. The van der Waals surface area contributed by atoms with Crippen LogP contribution in [0.1, 0.15) is 41.0 Å². The Morgan fingerprint density at radius 2 is 1.78 bits per heavy atom. The summed E-state index contributed by atoms with van der Waals surface area (Å²) in [6, 6.07) is 0. The van der Waals surface area contributed by atoms with Crippen LogP contribution in [0.4, 0.5) is 18.0 Å². The van der Waals surface area contributed by atoms with Gasteiger partial charge in [0.05, 0.1) is 5.54 Å². The quantitative estimate of drug-likeness (QED) is 0.559. The van der Waals surface area contributed by atoms with E-state index in [1.165, 1.54) is 11.0 Å². The van der Waals surface area contributed by atoms with Crippen LogP contribution in [-0.4, -0.2) is 42.6 Å². The summed E-state index contributed by atoms with van der Waals surface area (Å²) in [5, 5.41) is 0. The van der Waals surface area contributed by atoms with Gasteiger partial charge < -0.3 is 8.92 Å². The maximum atomic E-state index is 12.3. The summed E-state index contributed by atoms with van der Waals surface area (Å²) in [5.41, 5.74) is -7.29. The Bertz CT molecular complexity index is 602. The molecule has 0 unspecified atom stereocenters. The Morgan fingerprint density at radius 1 is 1.26 bits per heavy atom. The van der Waals surface area contributed by atoms with Crippen molar-refractivity contribution in [3.8, 4) is 0 Å². The number of hydrogen-bond donors (Lipinski definition) is 0. The first kappa shape index (κ1) is 19.6. The van der Waals surface area contributed by atoms with E-state index in [2.05, 4.69) is 4.18 Å². The van der Waals surface area contributed by atoms with Gasteiger partial charge in [-0.25, -0.2) is 4.79 Å². The van der Waals surface area contributed by atoms with E-state index < -0.39 is 32.9 Å². The minimum Gasteiger partial charge on any atom is -0.444 e. The largest absolute Gasteiger partial charge is 0.534 e. The molecule has 1 rings (SSSR count). The molecule has 23 heavy (non-hydrogen) atoms. The number of ether oxygens (including phenoxy) is 1. The van der Waals surface area contributed by atoms with Crippen LogP contribution in [0.2, 0.25) is 0 Å². The molecule has 1 aliphatic rings. The molecule has 0 radical (unpaired) electrons. The normalized spacial score (nSPS) is 19.1. The second-order valence-electron chi connectivity index (χ2n) is 6.63.